The molecule has 100 valence electrons. The minimum atomic E-state index is 0.280. The molecule has 0 spiro atoms. The number of hydrogen-bond acceptors (Lipinski definition) is 3. The Kier molecular flexibility index (Phi) is 3.81. The molecular weight excluding hydrogens is 212 g/mol. The van der Waals surface area contributed by atoms with Crippen LogP contribution in [0, 0.1) is 5.92 Å². The summed E-state index contributed by atoms with van der Waals surface area (Å²) >= 11 is 0. The number of nitrogens with zero attached hydrogens (tertiary/aromatic N) is 1. The topological polar surface area (TPSA) is 24.5 Å². The van der Waals surface area contributed by atoms with Crippen LogP contribution in [0.3, 0.4) is 0 Å². The van der Waals surface area contributed by atoms with Crippen LogP contribution >= 0.6 is 0 Å². The van der Waals surface area contributed by atoms with Crippen molar-refractivity contribution >= 4 is 0 Å². The lowest BCUT2D eigenvalue weighted by Crippen LogP contribution is -2.69. The molecule has 0 bridgehead atoms. The predicted molar refractivity (Wildman–Crippen MR) is 71.3 cm³/mol. The molecule has 1 aliphatic carbocycles. The summed E-state index contributed by atoms with van der Waals surface area (Å²) in [5.74, 6) is 0.897. The van der Waals surface area contributed by atoms with Gasteiger partial charge in [0, 0.05) is 37.8 Å². The summed E-state index contributed by atoms with van der Waals surface area (Å²) in [4.78, 5) is 2.67. The maximum atomic E-state index is 5.28. The molecule has 2 aliphatic rings. The highest BCUT2D eigenvalue weighted by Crippen LogP contribution is 2.44. The van der Waals surface area contributed by atoms with Crippen LogP contribution < -0.4 is 5.32 Å². The van der Waals surface area contributed by atoms with E-state index in [1.54, 1.807) is 7.11 Å². The van der Waals surface area contributed by atoms with Crippen LogP contribution in [0.5, 0.6) is 0 Å². The Morgan fingerprint density at radius 3 is 2.59 bits per heavy atom. The highest BCUT2D eigenvalue weighted by molar-refractivity contribution is 5.07. The van der Waals surface area contributed by atoms with E-state index in [1.165, 1.54) is 19.3 Å². The minimum absolute atomic E-state index is 0.280. The van der Waals surface area contributed by atoms with E-state index in [0.717, 1.165) is 32.2 Å². The highest BCUT2D eigenvalue weighted by Gasteiger charge is 2.50. The summed E-state index contributed by atoms with van der Waals surface area (Å²) in [6.07, 6.45) is 4.01. The molecule has 0 aromatic heterocycles. The van der Waals surface area contributed by atoms with Crippen molar-refractivity contribution in [3.63, 3.8) is 0 Å². The predicted octanol–water partition coefficient (Wildman–Crippen LogP) is 1.88. The van der Waals surface area contributed by atoms with Gasteiger partial charge in [0.05, 0.1) is 6.61 Å². The first-order valence-corrected chi connectivity index (χ1v) is 7.03. The molecule has 2 atom stereocenters. The maximum absolute atomic E-state index is 5.28. The van der Waals surface area contributed by atoms with Gasteiger partial charge in [-0.2, -0.15) is 0 Å². The van der Waals surface area contributed by atoms with Crippen molar-refractivity contribution in [2.45, 2.75) is 51.1 Å². The van der Waals surface area contributed by atoms with Crippen molar-refractivity contribution < 1.29 is 4.74 Å². The lowest BCUT2D eigenvalue weighted by atomic mass is 9.84. The van der Waals surface area contributed by atoms with Crippen LogP contribution in [0.25, 0.3) is 0 Å². The van der Waals surface area contributed by atoms with Gasteiger partial charge in [-0.3, -0.25) is 4.90 Å². The lowest BCUT2D eigenvalue weighted by Gasteiger charge is -2.52. The molecule has 1 aliphatic heterocycles. The third kappa shape index (κ3) is 2.67. The fourth-order valence-electron chi connectivity index (χ4n) is 3.04. The molecule has 0 amide bonds. The van der Waals surface area contributed by atoms with Crippen LogP contribution in [-0.2, 0) is 4.74 Å². The Morgan fingerprint density at radius 2 is 2.06 bits per heavy atom. The maximum Gasteiger partial charge on any atom is 0.0589 e. The minimum Gasteiger partial charge on any atom is -0.383 e. The molecule has 3 nitrogen and oxygen atoms in total. The molecule has 2 fully saturated rings. The number of ether oxygens (including phenoxy) is 1. The molecule has 0 radical (unpaired) electrons. The number of rotatable bonds is 5. The van der Waals surface area contributed by atoms with Crippen molar-refractivity contribution in [2.75, 3.05) is 33.4 Å². The van der Waals surface area contributed by atoms with Gasteiger partial charge in [-0.25, -0.2) is 0 Å². The zero-order valence-corrected chi connectivity index (χ0v) is 11.9. The quantitative estimate of drug-likeness (QED) is 0.794. The Balaban J connectivity index is 2.06. The van der Waals surface area contributed by atoms with Gasteiger partial charge >= 0.3 is 0 Å². The van der Waals surface area contributed by atoms with E-state index in [0.29, 0.717) is 5.54 Å². The molecule has 1 heterocycles. The summed E-state index contributed by atoms with van der Waals surface area (Å²) in [5, 5.41) is 3.78. The van der Waals surface area contributed by atoms with Gasteiger partial charge in [0.2, 0.25) is 0 Å². The average Bonchev–Trinajstić information content (AvgIpc) is 3.15. The van der Waals surface area contributed by atoms with Gasteiger partial charge in [-0.1, -0.05) is 6.92 Å². The summed E-state index contributed by atoms with van der Waals surface area (Å²) in [6.45, 7) is 11.3. The Labute approximate surface area is 106 Å². The second-order valence-electron chi connectivity index (χ2n) is 6.31. The van der Waals surface area contributed by atoms with Gasteiger partial charge in [-0.15, -0.1) is 0 Å². The van der Waals surface area contributed by atoms with Crippen molar-refractivity contribution in [1.29, 1.82) is 0 Å². The van der Waals surface area contributed by atoms with E-state index >= 15 is 0 Å². The zero-order valence-electron chi connectivity index (χ0n) is 11.9. The Morgan fingerprint density at radius 1 is 1.35 bits per heavy atom. The van der Waals surface area contributed by atoms with E-state index in [4.69, 9.17) is 4.74 Å². The van der Waals surface area contributed by atoms with Crippen molar-refractivity contribution in [2.24, 2.45) is 5.92 Å². The van der Waals surface area contributed by atoms with Crippen molar-refractivity contribution in [1.82, 2.24) is 10.2 Å². The third-order valence-corrected chi connectivity index (χ3v) is 4.94. The zero-order chi connectivity index (χ0) is 12.5. The first-order valence-electron chi connectivity index (χ1n) is 7.03. The van der Waals surface area contributed by atoms with Crippen LogP contribution in [0.1, 0.15) is 40.0 Å². The van der Waals surface area contributed by atoms with Crippen LogP contribution in [-0.4, -0.2) is 49.3 Å². The first-order chi connectivity index (χ1) is 8.04. The smallest absolute Gasteiger partial charge is 0.0589 e. The van der Waals surface area contributed by atoms with Gasteiger partial charge < -0.3 is 10.1 Å². The summed E-state index contributed by atoms with van der Waals surface area (Å²) in [6, 6.07) is 0. The normalized spacial score (nSPS) is 39.5. The molecule has 2 rings (SSSR count). The van der Waals surface area contributed by atoms with Crippen LogP contribution in [0.15, 0.2) is 0 Å². The number of hydrogen-bond donors (Lipinski definition) is 1. The average molecular weight is 240 g/mol. The molecule has 0 aromatic carbocycles. The van der Waals surface area contributed by atoms with Gasteiger partial charge in [0.15, 0.2) is 0 Å². The second kappa shape index (κ2) is 4.87. The summed E-state index contributed by atoms with van der Waals surface area (Å²) in [5.41, 5.74) is 0.634. The van der Waals surface area contributed by atoms with Gasteiger partial charge in [-0.05, 0) is 39.0 Å². The van der Waals surface area contributed by atoms with Crippen LogP contribution in [0.4, 0.5) is 0 Å². The Bertz CT molecular complexity index is 267. The second-order valence-corrected chi connectivity index (χ2v) is 6.31. The van der Waals surface area contributed by atoms with E-state index in [9.17, 15) is 0 Å². The molecule has 0 aromatic rings. The molecule has 17 heavy (non-hydrogen) atoms. The monoisotopic (exact) mass is 240 g/mol. The largest absolute Gasteiger partial charge is 0.383 e. The number of methoxy groups -OCH3 is 1. The standard InChI is InChI=1S/C14H28N2O/c1-5-13(2)11-16(8-9-17-4)14(3,10-15-13)12-6-7-12/h12,15H,5-11H2,1-4H3. The van der Waals surface area contributed by atoms with Crippen LogP contribution in [0.2, 0.25) is 0 Å². The van der Waals surface area contributed by atoms with Crippen molar-refractivity contribution in [3.8, 4) is 0 Å². The highest BCUT2D eigenvalue weighted by atomic mass is 16.5. The van der Waals surface area contributed by atoms with Crippen molar-refractivity contribution in [3.05, 3.63) is 0 Å². The molecule has 3 heteroatoms. The third-order valence-electron chi connectivity index (χ3n) is 4.94. The Hall–Kier alpha value is -0.120. The molecular formula is C14H28N2O. The van der Waals surface area contributed by atoms with E-state index in [1.807, 2.05) is 0 Å². The number of nitrogens with one attached hydrogen (secondary N) is 1. The van der Waals surface area contributed by atoms with E-state index < -0.39 is 0 Å². The molecule has 1 N–H and O–H groups in total. The molecule has 1 saturated carbocycles. The fraction of sp³-hybridized carbons (Fsp3) is 1.00. The summed E-state index contributed by atoms with van der Waals surface area (Å²) in [7, 11) is 1.80. The summed E-state index contributed by atoms with van der Waals surface area (Å²) < 4.78 is 5.28. The molecule has 1 saturated heterocycles. The first kappa shape index (κ1) is 13.3. The van der Waals surface area contributed by atoms with E-state index in [-0.39, 0.29) is 5.54 Å². The molecule has 2 unspecified atom stereocenters. The lowest BCUT2D eigenvalue weighted by molar-refractivity contribution is -0.00966. The van der Waals surface area contributed by atoms with Gasteiger partial charge in [0.1, 0.15) is 0 Å². The number of piperazine rings is 1. The fourth-order valence-corrected chi connectivity index (χ4v) is 3.04. The van der Waals surface area contributed by atoms with Gasteiger partial charge in [0.25, 0.3) is 0 Å². The van der Waals surface area contributed by atoms with E-state index in [2.05, 4.69) is 31.0 Å². The SMILES string of the molecule is CCC1(C)CN(CCOC)C(C)(C2CC2)CN1.